The summed E-state index contributed by atoms with van der Waals surface area (Å²) < 4.78 is 0. The second-order valence-electron chi connectivity index (χ2n) is 5.12. The maximum Gasteiger partial charge on any atom is 0.0470 e. The Bertz CT molecular complexity index is 358. The molecule has 1 N–H and O–H groups in total. The zero-order valence-corrected chi connectivity index (χ0v) is 10.6. The fourth-order valence-corrected chi connectivity index (χ4v) is 2.50. The van der Waals surface area contributed by atoms with Crippen molar-refractivity contribution in [1.82, 2.24) is 5.32 Å². The summed E-state index contributed by atoms with van der Waals surface area (Å²) in [7, 11) is 0. The molecule has 1 heterocycles. The van der Waals surface area contributed by atoms with E-state index in [1.165, 1.54) is 11.3 Å². The summed E-state index contributed by atoms with van der Waals surface area (Å²) >= 11 is 0. The monoisotopic (exact) mass is 218 g/mol. The Hall–Kier alpha value is -1.02. The van der Waals surface area contributed by atoms with Gasteiger partial charge in [-0.2, -0.15) is 0 Å². The van der Waals surface area contributed by atoms with Crippen LogP contribution in [0.25, 0.3) is 0 Å². The van der Waals surface area contributed by atoms with E-state index >= 15 is 0 Å². The van der Waals surface area contributed by atoms with Gasteiger partial charge in [0, 0.05) is 30.9 Å². The number of anilines is 1. The Morgan fingerprint density at radius 3 is 2.75 bits per heavy atom. The topological polar surface area (TPSA) is 15.3 Å². The Kier molecular flexibility index (Phi) is 3.20. The fraction of sp³-hybridized carbons (Fsp3) is 0.571. The number of rotatable bonds is 2. The van der Waals surface area contributed by atoms with Crippen LogP contribution in [0.5, 0.6) is 0 Å². The number of hydrogen-bond acceptors (Lipinski definition) is 2. The lowest BCUT2D eigenvalue weighted by Gasteiger charge is -2.45. The van der Waals surface area contributed by atoms with Gasteiger partial charge < -0.3 is 10.2 Å². The van der Waals surface area contributed by atoms with Gasteiger partial charge in [-0.15, -0.1) is 0 Å². The van der Waals surface area contributed by atoms with Gasteiger partial charge in [0.05, 0.1) is 0 Å². The lowest BCUT2D eigenvalue weighted by Crippen LogP contribution is -2.58. The van der Waals surface area contributed by atoms with Crippen LogP contribution >= 0.6 is 0 Å². The molecule has 2 nitrogen and oxygen atoms in total. The molecule has 1 saturated heterocycles. The van der Waals surface area contributed by atoms with E-state index < -0.39 is 0 Å². The lowest BCUT2D eigenvalue weighted by molar-refractivity contribution is 0.380. The van der Waals surface area contributed by atoms with Gasteiger partial charge >= 0.3 is 0 Å². The number of piperazine rings is 1. The highest BCUT2D eigenvalue weighted by molar-refractivity contribution is 5.56. The standard InChI is InChI=1S/C14H22N2/c1-4-12-7-5-6-8-13(12)16-10-9-15-11-14(16,2)3/h5-8,15H,4,9-11H2,1-3H3. The summed E-state index contributed by atoms with van der Waals surface area (Å²) in [6.07, 6.45) is 1.11. The van der Waals surface area contributed by atoms with Crippen LogP contribution in [-0.2, 0) is 6.42 Å². The minimum atomic E-state index is 0.212. The van der Waals surface area contributed by atoms with E-state index in [9.17, 15) is 0 Å². The van der Waals surface area contributed by atoms with Gasteiger partial charge in [0.15, 0.2) is 0 Å². The van der Waals surface area contributed by atoms with Crippen LogP contribution in [0.2, 0.25) is 0 Å². The summed E-state index contributed by atoms with van der Waals surface area (Å²) in [6.45, 7) is 10.1. The van der Waals surface area contributed by atoms with Crippen molar-refractivity contribution in [2.45, 2.75) is 32.7 Å². The maximum absolute atomic E-state index is 3.47. The van der Waals surface area contributed by atoms with Crippen LogP contribution in [0.3, 0.4) is 0 Å². The zero-order valence-electron chi connectivity index (χ0n) is 10.6. The Morgan fingerprint density at radius 2 is 2.06 bits per heavy atom. The van der Waals surface area contributed by atoms with E-state index in [0.29, 0.717) is 0 Å². The first-order valence-corrected chi connectivity index (χ1v) is 6.21. The van der Waals surface area contributed by atoms with Crippen LogP contribution in [0.4, 0.5) is 5.69 Å². The average Bonchev–Trinajstić information content (AvgIpc) is 2.28. The van der Waals surface area contributed by atoms with Crippen molar-refractivity contribution < 1.29 is 0 Å². The van der Waals surface area contributed by atoms with Crippen molar-refractivity contribution in [3.63, 3.8) is 0 Å². The number of benzene rings is 1. The molecule has 0 aliphatic carbocycles. The predicted molar refractivity (Wildman–Crippen MR) is 70.1 cm³/mol. The molecule has 1 aliphatic rings. The van der Waals surface area contributed by atoms with Gasteiger partial charge in [-0.05, 0) is 31.9 Å². The van der Waals surface area contributed by atoms with Crippen molar-refractivity contribution in [3.8, 4) is 0 Å². The van der Waals surface area contributed by atoms with Crippen molar-refractivity contribution >= 4 is 5.69 Å². The van der Waals surface area contributed by atoms with Crippen molar-refractivity contribution in [3.05, 3.63) is 29.8 Å². The molecule has 2 heteroatoms. The van der Waals surface area contributed by atoms with Gasteiger partial charge in [0.25, 0.3) is 0 Å². The van der Waals surface area contributed by atoms with E-state index in [1.807, 2.05) is 0 Å². The van der Waals surface area contributed by atoms with E-state index in [2.05, 4.69) is 55.3 Å². The number of aryl methyl sites for hydroxylation is 1. The molecule has 0 atom stereocenters. The molecule has 0 unspecified atom stereocenters. The van der Waals surface area contributed by atoms with Crippen molar-refractivity contribution in [2.75, 3.05) is 24.5 Å². The molecule has 1 aromatic rings. The van der Waals surface area contributed by atoms with Gasteiger partial charge in [-0.1, -0.05) is 25.1 Å². The summed E-state index contributed by atoms with van der Waals surface area (Å²) in [5.41, 5.74) is 3.08. The summed E-state index contributed by atoms with van der Waals surface area (Å²) in [5, 5.41) is 3.47. The third-order valence-corrected chi connectivity index (χ3v) is 3.46. The number of nitrogens with zero attached hydrogens (tertiary/aromatic N) is 1. The molecular weight excluding hydrogens is 196 g/mol. The molecule has 0 radical (unpaired) electrons. The Labute approximate surface area is 98.7 Å². The van der Waals surface area contributed by atoms with Gasteiger partial charge in [-0.3, -0.25) is 0 Å². The van der Waals surface area contributed by atoms with E-state index in [-0.39, 0.29) is 5.54 Å². The van der Waals surface area contributed by atoms with Gasteiger partial charge in [-0.25, -0.2) is 0 Å². The van der Waals surface area contributed by atoms with Crippen LogP contribution in [0.1, 0.15) is 26.3 Å². The molecule has 0 aromatic heterocycles. The highest BCUT2D eigenvalue weighted by atomic mass is 15.3. The number of hydrogen-bond donors (Lipinski definition) is 1. The highest BCUT2D eigenvalue weighted by Gasteiger charge is 2.30. The van der Waals surface area contributed by atoms with E-state index in [4.69, 9.17) is 0 Å². The van der Waals surface area contributed by atoms with Crippen LogP contribution < -0.4 is 10.2 Å². The zero-order chi connectivity index (χ0) is 11.6. The molecule has 1 aliphatic heterocycles. The average molecular weight is 218 g/mol. The summed E-state index contributed by atoms with van der Waals surface area (Å²) in [4.78, 5) is 2.54. The number of nitrogens with one attached hydrogen (secondary N) is 1. The smallest absolute Gasteiger partial charge is 0.0470 e. The first kappa shape index (κ1) is 11.5. The third kappa shape index (κ3) is 2.07. The summed E-state index contributed by atoms with van der Waals surface area (Å²) in [6, 6.07) is 8.78. The van der Waals surface area contributed by atoms with Gasteiger partial charge in [0.1, 0.15) is 0 Å². The molecular formula is C14H22N2. The minimum absolute atomic E-state index is 0.212. The second-order valence-corrected chi connectivity index (χ2v) is 5.12. The molecule has 0 bridgehead atoms. The number of para-hydroxylation sites is 1. The molecule has 1 fully saturated rings. The quantitative estimate of drug-likeness (QED) is 0.820. The molecule has 88 valence electrons. The van der Waals surface area contributed by atoms with Crippen LogP contribution in [0, 0.1) is 0 Å². The van der Waals surface area contributed by atoms with Crippen LogP contribution in [-0.4, -0.2) is 25.2 Å². The molecule has 2 rings (SSSR count). The third-order valence-electron chi connectivity index (χ3n) is 3.46. The highest BCUT2D eigenvalue weighted by Crippen LogP contribution is 2.28. The summed E-state index contributed by atoms with van der Waals surface area (Å²) in [5.74, 6) is 0. The normalized spacial score (nSPS) is 19.8. The maximum atomic E-state index is 3.47. The Balaban J connectivity index is 2.34. The predicted octanol–water partition coefficient (Wildman–Crippen LogP) is 2.44. The molecule has 0 saturated carbocycles. The van der Waals surface area contributed by atoms with E-state index in [0.717, 1.165) is 26.1 Å². The minimum Gasteiger partial charge on any atom is -0.364 e. The SMILES string of the molecule is CCc1ccccc1N1CCNCC1(C)C. The van der Waals surface area contributed by atoms with Crippen molar-refractivity contribution in [1.29, 1.82) is 0 Å². The van der Waals surface area contributed by atoms with Gasteiger partial charge in [0.2, 0.25) is 0 Å². The molecule has 1 aromatic carbocycles. The Morgan fingerprint density at radius 1 is 1.31 bits per heavy atom. The first-order valence-electron chi connectivity index (χ1n) is 6.21. The second kappa shape index (κ2) is 4.46. The van der Waals surface area contributed by atoms with E-state index in [1.54, 1.807) is 0 Å². The van der Waals surface area contributed by atoms with Crippen molar-refractivity contribution in [2.24, 2.45) is 0 Å². The first-order chi connectivity index (χ1) is 7.65. The van der Waals surface area contributed by atoms with Crippen LogP contribution in [0.15, 0.2) is 24.3 Å². The fourth-order valence-electron chi connectivity index (χ4n) is 2.50. The molecule has 0 spiro atoms. The largest absolute Gasteiger partial charge is 0.364 e. The molecule has 0 amide bonds. The lowest BCUT2D eigenvalue weighted by atomic mass is 9.97. The molecule has 16 heavy (non-hydrogen) atoms.